The number of halogens is 1. The Kier molecular flexibility index (Phi) is 2.17. The molecule has 1 unspecified atom stereocenters. The third-order valence-corrected chi connectivity index (χ3v) is 3.38. The van der Waals surface area contributed by atoms with Gasteiger partial charge in [0.15, 0.2) is 4.77 Å². The quantitative estimate of drug-likeness (QED) is 0.730. The highest BCUT2D eigenvalue weighted by Crippen LogP contribution is 2.33. The van der Waals surface area contributed by atoms with Crippen molar-refractivity contribution in [3.8, 4) is 0 Å². The summed E-state index contributed by atoms with van der Waals surface area (Å²) in [5.74, 6) is 0.242. The van der Waals surface area contributed by atoms with Crippen LogP contribution in [0.25, 0.3) is 0 Å². The van der Waals surface area contributed by atoms with Gasteiger partial charge in [0.2, 0.25) is 0 Å². The summed E-state index contributed by atoms with van der Waals surface area (Å²) < 4.78 is 13.7. The number of benzene rings is 1. The lowest BCUT2D eigenvalue weighted by molar-refractivity contribution is 0.625. The molecule has 0 bridgehead atoms. The van der Waals surface area contributed by atoms with E-state index in [-0.39, 0.29) is 5.82 Å². The van der Waals surface area contributed by atoms with Crippen LogP contribution in [0.4, 0.5) is 4.39 Å². The molecule has 1 aromatic heterocycles. The van der Waals surface area contributed by atoms with E-state index in [0.717, 1.165) is 24.1 Å². The van der Waals surface area contributed by atoms with Gasteiger partial charge in [-0.15, -0.1) is 0 Å². The molecule has 82 valence electrons. The second kappa shape index (κ2) is 3.56. The zero-order valence-corrected chi connectivity index (χ0v) is 9.40. The topological polar surface area (TPSA) is 31.6 Å². The lowest BCUT2D eigenvalue weighted by Gasteiger charge is -2.04. The van der Waals surface area contributed by atoms with Gasteiger partial charge < -0.3 is 9.97 Å². The van der Waals surface area contributed by atoms with Crippen molar-refractivity contribution < 1.29 is 4.39 Å². The number of aromatic amines is 2. The molecule has 0 radical (unpaired) electrons. The fourth-order valence-corrected chi connectivity index (χ4v) is 2.55. The van der Waals surface area contributed by atoms with Gasteiger partial charge in [0, 0.05) is 17.8 Å². The molecule has 0 saturated carbocycles. The van der Waals surface area contributed by atoms with Crippen molar-refractivity contribution in [2.75, 3.05) is 0 Å². The van der Waals surface area contributed by atoms with Crippen molar-refractivity contribution in [3.63, 3.8) is 0 Å². The first-order chi connectivity index (χ1) is 7.72. The summed E-state index contributed by atoms with van der Waals surface area (Å²) in [5.41, 5.74) is 3.47. The van der Waals surface area contributed by atoms with E-state index in [1.807, 2.05) is 12.3 Å². The van der Waals surface area contributed by atoms with Gasteiger partial charge in [0.05, 0.1) is 0 Å². The third-order valence-electron chi connectivity index (χ3n) is 3.16. The molecule has 4 heteroatoms. The summed E-state index contributed by atoms with van der Waals surface area (Å²) in [5, 5.41) is 0. The Morgan fingerprint density at radius 3 is 2.81 bits per heavy atom. The zero-order valence-electron chi connectivity index (χ0n) is 8.59. The van der Waals surface area contributed by atoms with Gasteiger partial charge >= 0.3 is 0 Å². The molecule has 2 aromatic rings. The second-order valence-corrected chi connectivity index (χ2v) is 4.62. The molecule has 1 aliphatic rings. The van der Waals surface area contributed by atoms with E-state index in [1.165, 1.54) is 11.6 Å². The third kappa shape index (κ3) is 1.59. The highest BCUT2D eigenvalue weighted by Gasteiger charge is 2.23. The number of hydrogen-bond donors (Lipinski definition) is 2. The molecule has 2 nitrogen and oxygen atoms in total. The number of aromatic nitrogens is 2. The maximum atomic E-state index is 13.1. The Labute approximate surface area is 97.5 Å². The summed E-state index contributed by atoms with van der Waals surface area (Å²) in [4.78, 5) is 6.10. The minimum absolute atomic E-state index is 0.151. The van der Waals surface area contributed by atoms with Crippen molar-refractivity contribution in [2.24, 2.45) is 0 Å². The normalized spacial score (nSPS) is 18.7. The van der Waals surface area contributed by atoms with E-state index in [2.05, 4.69) is 9.97 Å². The molecule has 1 atom stereocenters. The molecule has 16 heavy (non-hydrogen) atoms. The predicted molar refractivity (Wildman–Crippen MR) is 62.5 cm³/mol. The van der Waals surface area contributed by atoms with Gasteiger partial charge in [-0.1, -0.05) is 6.07 Å². The van der Waals surface area contributed by atoms with E-state index in [0.29, 0.717) is 10.7 Å². The second-order valence-electron chi connectivity index (χ2n) is 4.22. The lowest BCUT2D eigenvalue weighted by atomic mass is 10.0. The van der Waals surface area contributed by atoms with Gasteiger partial charge in [-0.3, -0.25) is 0 Å². The number of fused-ring (bicyclic) bond motifs is 1. The van der Waals surface area contributed by atoms with Crippen molar-refractivity contribution >= 4 is 12.2 Å². The minimum atomic E-state index is -0.151. The molecule has 0 spiro atoms. The average Bonchev–Trinajstić information content (AvgIpc) is 2.83. The Hall–Kier alpha value is -1.42. The number of hydrogen-bond acceptors (Lipinski definition) is 1. The van der Waals surface area contributed by atoms with Crippen LogP contribution in [0.2, 0.25) is 0 Å². The van der Waals surface area contributed by atoms with Crippen molar-refractivity contribution in [1.29, 1.82) is 0 Å². The highest BCUT2D eigenvalue weighted by atomic mass is 32.1. The largest absolute Gasteiger partial charge is 0.337 e. The van der Waals surface area contributed by atoms with E-state index >= 15 is 0 Å². The molecule has 1 heterocycles. The van der Waals surface area contributed by atoms with Crippen molar-refractivity contribution in [2.45, 2.75) is 18.8 Å². The molecule has 0 fully saturated rings. The van der Waals surface area contributed by atoms with E-state index < -0.39 is 0 Å². The Morgan fingerprint density at radius 2 is 2.06 bits per heavy atom. The molecular weight excluding hydrogens is 223 g/mol. The van der Waals surface area contributed by atoms with Gasteiger partial charge in [-0.05, 0) is 48.3 Å². The van der Waals surface area contributed by atoms with E-state index in [9.17, 15) is 4.39 Å². The van der Waals surface area contributed by atoms with E-state index in [4.69, 9.17) is 12.2 Å². The molecule has 1 aliphatic carbocycles. The Balaban J connectivity index is 1.93. The first-order valence-electron chi connectivity index (χ1n) is 5.27. The number of imidazole rings is 1. The number of H-pyrrole nitrogens is 2. The van der Waals surface area contributed by atoms with Crippen molar-refractivity contribution in [1.82, 2.24) is 9.97 Å². The van der Waals surface area contributed by atoms with Crippen molar-refractivity contribution in [3.05, 3.63) is 51.8 Å². The molecule has 0 amide bonds. The maximum absolute atomic E-state index is 13.1. The lowest BCUT2D eigenvalue weighted by Crippen LogP contribution is -1.97. The monoisotopic (exact) mass is 234 g/mol. The molecule has 0 saturated heterocycles. The minimum Gasteiger partial charge on any atom is -0.337 e. The molecule has 2 N–H and O–H groups in total. The predicted octanol–water partition coefficient (Wildman–Crippen LogP) is 3.09. The van der Waals surface area contributed by atoms with Gasteiger partial charge in [0.25, 0.3) is 0 Å². The summed E-state index contributed by atoms with van der Waals surface area (Å²) in [6.07, 6.45) is 3.75. The number of nitrogens with one attached hydrogen (secondary N) is 2. The fourth-order valence-electron chi connectivity index (χ4n) is 2.37. The van der Waals surface area contributed by atoms with E-state index in [1.54, 1.807) is 6.07 Å². The maximum Gasteiger partial charge on any atom is 0.174 e. The molecular formula is C12H11FN2S. The first kappa shape index (κ1) is 9.78. The average molecular weight is 234 g/mol. The van der Waals surface area contributed by atoms with Crippen LogP contribution in [0.5, 0.6) is 0 Å². The summed E-state index contributed by atoms with van der Waals surface area (Å²) in [6, 6.07) is 5.04. The Morgan fingerprint density at radius 1 is 1.25 bits per heavy atom. The molecule has 3 rings (SSSR count). The van der Waals surface area contributed by atoms with Crippen LogP contribution in [-0.4, -0.2) is 9.97 Å². The van der Waals surface area contributed by atoms with Crippen LogP contribution >= 0.6 is 12.2 Å². The SMILES string of the molecule is Fc1ccc2c(c1)CC(c1c[nH]c(=S)[nH]1)C2. The van der Waals surface area contributed by atoms with Crippen LogP contribution in [0.3, 0.4) is 0 Å². The summed E-state index contributed by atoms with van der Waals surface area (Å²) >= 11 is 5.00. The first-order valence-corrected chi connectivity index (χ1v) is 5.68. The summed E-state index contributed by atoms with van der Waals surface area (Å²) in [6.45, 7) is 0. The summed E-state index contributed by atoms with van der Waals surface area (Å²) in [7, 11) is 0. The van der Waals surface area contributed by atoms with Crippen LogP contribution < -0.4 is 0 Å². The molecule has 0 aliphatic heterocycles. The van der Waals surface area contributed by atoms with Crippen LogP contribution in [0.15, 0.2) is 24.4 Å². The van der Waals surface area contributed by atoms with Crippen LogP contribution in [-0.2, 0) is 12.8 Å². The fraction of sp³-hybridized carbons (Fsp3) is 0.250. The zero-order chi connectivity index (χ0) is 11.1. The van der Waals surface area contributed by atoms with Crippen LogP contribution in [0, 0.1) is 10.6 Å². The van der Waals surface area contributed by atoms with Gasteiger partial charge in [0.1, 0.15) is 5.82 Å². The van der Waals surface area contributed by atoms with Gasteiger partial charge in [-0.25, -0.2) is 4.39 Å². The van der Waals surface area contributed by atoms with Crippen LogP contribution in [0.1, 0.15) is 22.7 Å². The number of rotatable bonds is 1. The molecule has 1 aromatic carbocycles. The Bertz CT molecular complexity index is 585. The standard InChI is InChI=1S/C12H11FN2S/c13-10-2-1-7-3-9(4-8(7)5-10)11-6-14-12(16)15-11/h1-2,5-6,9H,3-4H2,(H2,14,15,16). The smallest absolute Gasteiger partial charge is 0.174 e. The highest BCUT2D eigenvalue weighted by molar-refractivity contribution is 7.71. The van der Waals surface area contributed by atoms with Gasteiger partial charge in [-0.2, -0.15) is 0 Å².